The number of carboxylic acids is 1. The Balaban J connectivity index is 4.08. The summed E-state index contributed by atoms with van der Waals surface area (Å²) in [4.78, 5) is 10.5. The second kappa shape index (κ2) is 3.53. The van der Waals surface area contributed by atoms with Crippen molar-refractivity contribution in [3.63, 3.8) is 0 Å². The first-order chi connectivity index (χ1) is 4.56. The van der Waals surface area contributed by atoms with Crippen molar-refractivity contribution in [1.82, 2.24) is 0 Å². The highest BCUT2D eigenvalue weighted by Gasteiger charge is 2.30. The molecule has 5 N–H and O–H groups in total. The summed E-state index contributed by atoms with van der Waals surface area (Å²) in [5.41, 5.74) is 9.63. The summed E-state index contributed by atoms with van der Waals surface area (Å²) >= 11 is 0. The van der Waals surface area contributed by atoms with Gasteiger partial charge in [0.2, 0.25) is 0 Å². The molecule has 0 fully saturated rings. The van der Waals surface area contributed by atoms with E-state index >= 15 is 0 Å². The Morgan fingerprint density at radius 3 is 2.20 bits per heavy atom. The van der Waals surface area contributed by atoms with E-state index in [0.29, 0.717) is 13.0 Å². The summed E-state index contributed by atoms with van der Waals surface area (Å²) in [5, 5.41) is 8.63. The van der Waals surface area contributed by atoms with Gasteiger partial charge in [-0.3, -0.25) is 4.79 Å². The van der Waals surface area contributed by atoms with Gasteiger partial charge in [0.05, 0.1) is 5.41 Å². The second-order valence-corrected chi connectivity index (χ2v) is 2.61. The fourth-order valence-corrected chi connectivity index (χ4v) is 0.615. The fourth-order valence-electron chi connectivity index (χ4n) is 0.615. The van der Waals surface area contributed by atoms with Crippen molar-refractivity contribution in [2.24, 2.45) is 16.9 Å². The van der Waals surface area contributed by atoms with Crippen LogP contribution < -0.4 is 11.5 Å². The molecule has 60 valence electrons. The van der Waals surface area contributed by atoms with E-state index in [1.807, 2.05) is 0 Å². The lowest BCUT2D eigenvalue weighted by molar-refractivity contribution is -0.147. The molecule has 0 aromatic heterocycles. The molecule has 0 aliphatic heterocycles. The lowest BCUT2D eigenvalue weighted by Crippen LogP contribution is -2.37. The SMILES string of the molecule is CC(CN)(CCN)C(=O)O. The second-order valence-electron chi connectivity index (χ2n) is 2.61. The first-order valence-electron chi connectivity index (χ1n) is 3.20. The van der Waals surface area contributed by atoms with Gasteiger partial charge in [0.15, 0.2) is 0 Å². The molecule has 4 nitrogen and oxygen atoms in total. The van der Waals surface area contributed by atoms with Gasteiger partial charge in [-0.1, -0.05) is 0 Å². The van der Waals surface area contributed by atoms with Crippen LogP contribution in [0.15, 0.2) is 0 Å². The van der Waals surface area contributed by atoms with Gasteiger partial charge in [-0.2, -0.15) is 0 Å². The predicted octanol–water partition coefficient (Wildman–Crippen LogP) is -0.615. The Kier molecular flexibility index (Phi) is 3.32. The highest BCUT2D eigenvalue weighted by atomic mass is 16.4. The van der Waals surface area contributed by atoms with Crippen molar-refractivity contribution in [3.8, 4) is 0 Å². The van der Waals surface area contributed by atoms with E-state index in [1.165, 1.54) is 0 Å². The lowest BCUT2D eigenvalue weighted by Gasteiger charge is -2.20. The average molecular weight is 146 g/mol. The minimum atomic E-state index is -0.875. The molecule has 10 heavy (non-hydrogen) atoms. The molecule has 0 radical (unpaired) electrons. The number of hydrogen-bond donors (Lipinski definition) is 3. The van der Waals surface area contributed by atoms with Gasteiger partial charge < -0.3 is 16.6 Å². The van der Waals surface area contributed by atoms with Crippen LogP contribution in [0.25, 0.3) is 0 Å². The number of carboxylic acid groups (broad SMARTS) is 1. The molecule has 0 amide bonds. The van der Waals surface area contributed by atoms with Gasteiger partial charge in [-0.15, -0.1) is 0 Å². The molecular formula is C6H14N2O2. The van der Waals surface area contributed by atoms with Crippen molar-refractivity contribution in [2.75, 3.05) is 13.1 Å². The molecule has 0 aromatic carbocycles. The van der Waals surface area contributed by atoms with Gasteiger partial charge in [-0.25, -0.2) is 0 Å². The van der Waals surface area contributed by atoms with Crippen molar-refractivity contribution in [1.29, 1.82) is 0 Å². The maximum atomic E-state index is 10.5. The molecule has 0 rings (SSSR count). The molecule has 0 saturated heterocycles. The summed E-state index contributed by atoms with van der Waals surface area (Å²) in [7, 11) is 0. The molecule has 0 spiro atoms. The molecule has 0 aliphatic rings. The standard InChI is InChI=1S/C6H14N2O2/c1-6(4-8,2-3-7)5(9)10/h2-4,7-8H2,1H3,(H,9,10). The summed E-state index contributed by atoms with van der Waals surface area (Å²) in [6.45, 7) is 2.10. The van der Waals surface area contributed by atoms with Crippen LogP contribution >= 0.6 is 0 Å². The van der Waals surface area contributed by atoms with E-state index in [-0.39, 0.29) is 6.54 Å². The normalized spacial score (nSPS) is 16.3. The molecule has 1 atom stereocenters. The minimum absolute atomic E-state index is 0.138. The smallest absolute Gasteiger partial charge is 0.310 e. The zero-order valence-corrected chi connectivity index (χ0v) is 6.13. The van der Waals surface area contributed by atoms with Gasteiger partial charge in [0.1, 0.15) is 0 Å². The molecule has 4 heteroatoms. The number of rotatable bonds is 4. The van der Waals surface area contributed by atoms with Gasteiger partial charge in [0.25, 0.3) is 0 Å². The van der Waals surface area contributed by atoms with Gasteiger partial charge in [-0.05, 0) is 19.9 Å². The van der Waals surface area contributed by atoms with E-state index in [2.05, 4.69) is 0 Å². The minimum Gasteiger partial charge on any atom is -0.481 e. The Labute approximate surface area is 60.2 Å². The first kappa shape index (κ1) is 9.39. The van der Waals surface area contributed by atoms with Crippen molar-refractivity contribution >= 4 is 5.97 Å². The molecule has 0 saturated carbocycles. The number of aliphatic carboxylic acids is 1. The van der Waals surface area contributed by atoms with Crippen LogP contribution in [0.5, 0.6) is 0 Å². The highest BCUT2D eigenvalue weighted by molar-refractivity contribution is 5.74. The summed E-state index contributed by atoms with van der Waals surface area (Å²) in [5.74, 6) is -0.875. The maximum absolute atomic E-state index is 10.5. The molecule has 0 bridgehead atoms. The molecule has 0 heterocycles. The molecule has 0 aromatic rings. The Hall–Kier alpha value is -0.610. The fraction of sp³-hybridized carbons (Fsp3) is 0.833. The highest BCUT2D eigenvalue weighted by Crippen LogP contribution is 2.18. The zero-order valence-electron chi connectivity index (χ0n) is 6.13. The van der Waals surface area contributed by atoms with Crippen LogP contribution in [0, 0.1) is 5.41 Å². The van der Waals surface area contributed by atoms with Crippen LogP contribution in [0.4, 0.5) is 0 Å². The summed E-state index contributed by atoms with van der Waals surface area (Å²) in [6.07, 6.45) is 0.429. The van der Waals surface area contributed by atoms with Crippen LogP contribution in [-0.2, 0) is 4.79 Å². The van der Waals surface area contributed by atoms with Crippen LogP contribution in [0.3, 0.4) is 0 Å². The van der Waals surface area contributed by atoms with Crippen LogP contribution in [0.1, 0.15) is 13.3 Å². The number of carbonyl (C=O) groups is 1. The predicted molar refractivity (Wildman–Crippen MR) is 38.5 cm³/mol. The first-order valence-corrected chi connectivity index (χ1v) is 3.20. The van der Waals surface area contributed by atoms with Crippen molar-refractivity contribution in [3.05, 3.63) is 0 Å². The number of nitrogens with two attached hydrogens (primary N) is 2. The largest absolute Gasteiger partial charge is 0.481 e. The lowest BCUT2D eigenvalue weighted by atomic mass is 9.87. The summed E-state index contributed by atoms with van der Waals surface area (Å²) in [6, 6.07) is 0. The van der Waals surface area contributed by atoms with Crippen molar-refractivity contribution in [2.45, 2.75) is 13.3 Å². The third kappa shape index (κ3) is 1.97. The topological polar surface area (TPSA) is 89.3 Å². The quantitative estimate of drug-likeness (QED) is 0.493. The van der Waals surface area contributed by atoms with Crippen molar-refractivity contribution < 1.29 is 9.90 Å². The zero-order chi connectivity index (χ0) is 8.20. The summed E-state index contributed by atoms with van der Waals surface area (Å²) < 4.78 is 0. The van der Waals surface area contributed by atoms with Crippen LogP contribution in [-0.4, -0.2) is 24.2 Å². The molecule has 1 unspecified atom stereocenters. The van der Waals surface area contributed by atoms with Gasteiger partial charge in [0, 0.05) is 6.54 Å². The van der Waals surface area contributed by atoms with Gasteiger partial charge >= 0.3 is 5.97 Å². The van der Waals surface area contributed by atoms with E-state index in [0.717, 1.165) is 0 Å². The molecule has 0 aliphatic carbocycles. The number of hydrogen-bond acceptors (Lipinski definition) is 3. The third-order valence-electron chi connectivity index (χ3n) is 1.66. The van der Waals surface area contributed by atoms with E-state index in [4.69, 9.17) is 16.6 Å². The van der Waals surface area contributed by atoms with E-state index in [1.54, 1.807) is 6.92 Å². The average Bonchev–Trinajstić information content (AvgIpc) is 1.88. The third-order valence-corrected chi connectivity index (χ3v) is 1.66. The molecular weight excluding hydrogens is 132 g/mol. The maximum Gasteiger partial charge on any atom is 0.310 e. The Morgan fingerprint density at radius 1 is 1.60 bits per heavy atom. The van der Waals surface area contributed by atoms with Crippen LogP contribution in [0.2, 0.25) is 0 Å². The Bertz CT molecular complexity index is 127. The monoisotopic (exact) mass is 146 g/mol. The Morgan fingerprint density at radius 2 is 2.10 bits per heavy atom. The van der Waals surface area contributed by atoms with E-state index in [9.17, 15) is 4.79 Å². The van der Waals surface area contributed by atoms with E-state index < -0.39 is 11.4 Å².